The molecule has 33 heavy (non-hydrogen) atoms. The van der Waals surface area contributed by atoms with E-state index in [0.29, 0.717) is 22.5 Å². The maximum Gasteiger partial charge on any atom is 0.189 e. The summed E-state index contributed by atoms with van der Waals surface area (Å²) >= 11 is 1.85. The van der Waals surface area contributed by atoms with Crippen molar-refractivity contribution in [2.75, 3.05) is 26.0 Å². The number of nitrogen functional groups attached to an aromatic ring is 1. The molecule has 1 aliphatic rings. The van der Waals surface area contributed by atoms with E-state index in [1.54, 1.807) is 6.20 Å². The van der Waals surface area contributed by atoms with Crippen molar-refractivity contribution < 1.29 is 9.26 Å². The highest BCUT2D eigenvalue weighted by Gasteiger charge is 2.18. The highest BCUT2D eigenvalue weighted by atomic mass is 32.2. The molecule has 0 aliphatic carbocycles. The molecule has 2 aromatic heterocycles. The fourth-order valence-electron chi connectivity index (χ4n) is 3.74. The summed E-state index contributed by atoms with van der Waals surface area (Å²) < 4.78 is 11.1. The molecule has 7 nitrogen and oxygen atoms in total. The molecular formula is C25H25N5O2S. The predicted molar refractivity (Wildman–Crippen MR) is 131 cm³/mol. The fourth-order valence-corrected chi connectivity index (χ4v) is 4.80. The van der Waals surface area contributed by atoms with Crippen molar-refractivity contribution in [2.24, 2.45) is 0 Å². The van der Waals surface area contributed by atoms with Crippen molar-refractivity contribution in [3.63, 3.8) is 0 Å². The molecule has 8 heteroatoms. The van der Waals surface area contributed by atoms with Crippen LogP contribution in [0.2, 0.25) is 0 Å². The SMILES string of the molecule is CNCc1ccc(-c2cc(-c3nc(-c4ccc(SC5CCOC5)cc4)cnc3N)on2)cc1. The lowest BCUT2D eigenvalue weighted by molar-refractivity contribution is 0.199. The van der Waals surface area contributed by atoms with Gasteiger partial charge in [0.1, 0.15) is 5.69 Å². The lowest BCUT2D eigenvalue weighted by Crippen LogP contribution is -2.04. The van der Waals surface area contributed by atoms with Gasteiger partial charge in [-0.2, -0.15) is 0 Å². The summed E-state index contributed by atoms with van der Waals surface area (Å²) in [5.74, 6) is 0.795. The van der Waals surface area contributed by atoms with Crippen LogP contribution < -0.4 is 11.1 Å². The topological polar surface area (TPSA) is 99.1 Å². The minimum Gasteiger partial charge on any atom is -0.382 e. The molecule has 1 atom stereocenters. The molecule has 4 aromatic rings. The first-order valence-corrected chi connectivity index (χ1v) is 11.8. The summed E-state index contributed by atoms with van der Waals surface area (Å²) in [6.45, 7) is 2.49. The van der Waals surface area contributed by atoms with Gasteiger partial charge in [-0.1, -0.05) is 41.6 Å². The molecule has 0 spiro atoms. The standard InChI is InChI=1S/C25H25N5O2S/c1-27-13-16-2-4-17(5-3-16)21-12-23(32-30-21)24-25(26)28-14-22(29-24)18-6-8-19(9-7-18)33-20-10-11-31-15-20/h2-9,12,14,20,27H,10-11,13,15H2,1H3,(H2,26,28). The third-order valence-corrected chi connectivity index (χ3v) is 6.77. The highest BCUT2D eigenvalue weighted by molar-refractivity contribution is 8.00. The second kappa shape index (κ2) is 9.74. The Bertz CT molecular complexity index is 1220. The lowest BCUT2D eigenvalue weighted by Gasteiger charge is -2.08. The maximum atomic E-state index is 6.13. The number of hydrogen-bond acceptors (Lipinski definition) is 8. The fraction of sp³-hybridized carbons (Fsp3) is 0.240. The zero-order chi connectivity index (χ0) is 22.6. The molecule has 1 saturated heterocycles. The molecule has 1 unspecified atom stereocenters. The molecule has 168 valence electrons. The minimum absolute atomic E-state index is 0.305. The van der Waals surface area contributed by atoms with Gasteiger partial charge in [0.25, 0.3) is 0 Å². The first-order chi connectivity index (χ1) is 16.2. The zero-order valence-corrected chi connectivity index (χ0v) is 19.1. The molecule has 0 amide bonds. The van der Waals surface area contributed by atoms with Crippen LogP contribution in [0.15, 0.2) is 70.2 Å². The lowest BCUT2D eigenvalue weighted by atomic mass is 10.1. The van der Waals surface area contributed by atoms with Crippen LogP contribution in [-0.4, -0.2) is 40.6 Å². The van der Waals surface area contributed by atoms with Gasteiger partial charge >= 0.3 is 0 Å². The van der Waals surface area contributed by atoms with Crippen LogP contribution in [0, 0.1) is 0 Å². The molecule has 2 aromatic carbocycles. The first-order valence-electron chi connectivity index (χ1n) is 10.9. The number of ether oxygens (including phenoxy) is 1. The van der Waals surface area contributed by atoms with Crippen LogP contribution in [0.1, 0.15) is 12.0 Å². The van der Waals surface area contributed by atoms with E-state index in [4.69, 9.17) is 20.0 Å². The summed E-state index contributed by atoms with van der Waals surface area (Å²) in [4.78, 5) is 10.3. The Morgan fingerprint density at radius 1 is 1.06 bits per heavy atom. The van der Waals surface area contributed by atoms with Crippen LogP contribution in [0.5, 0.6) is 0 Å². The summed E-state index contributed by atoms with van der Waals surface area (Å²) in [6.07, 6.45) is 2.78. The van der Waals surface area contributed by atoms with Gasteiger partial charge < -0.3 is 20.3 Å². The average molecular weight is 460 g/mol. The van der Waals surface area contributed by atoms with Crippen LogP contribution in [-0.2, 0) is 11.3 Å². The van der Waals surface area contributed by atoms with E-state index < -0.39 is 0 Å². The number of nitrogens with two attached hydrogens (primary N) is 1. The number of thioether (sulfide) groups is 1. The summed E-state index contributed by atoms with van der Waals surface area (Å²) in [7, 11) is 1.93. The van der Waals surface area contributed by atoms with Crippen molar-refractivity contribution in [1.29, 1.82) is 0 Å². The maximum absolute atomic E-state index is 6.13. The second-order valence-corrected chi connectivity index (χ2v) is 9.29. The van der Waals surface area contributed by atoms with Crippen molar-refractivity contribution in [2.45, 2.75) is 23.1 Å². The van der Waals surface area contributed by atoms with Gasteiger partial charge in [0.05, 0.1) is 18.5 Å². The molecule has 1 fully saturated rings. The van der Waals surface area contributed by atoms with E-state index in [2.05, 4.69) is 51.9 Å². The van der Waals surface area contributed by atoms with Crippen molar-refractivity contribution in [3.8, 4) is 34.0 Å². The van der Waals surface area contributed by atoms with Crippen molar-refractivity contribution >= 4 is 17.6 Å². The van der Waals surface area contributed by atoms with E-state index in [-0.39, 0.29) is 0 Å². The predicted octanol–water partition coefficient (Wildman–Crippen LogP) is 4.65. The number of nitrogens with one attached hydrogen (secondary N) is 1. The van der Waals surface area contributed by atoms with Crippen molar-refractivity contribution in [1.82, 2.24) is 20.4 Å². The Balaban J connectivity index is 1.37. The van der Waals surface area contributed by atoms with Crippen LogP contribution in [0.25, 0.3) is 34.0 Å². The average Bonchev–Trinajstić information content (AvgIpc) is 3.53. The number of anilines is 1. The van der Waals surface area contributed by atoms with Gasteiger partial charge in [0.15, 0.2) is 17.3 Å². The Morgan fingerprint density at radius 2 is 1.82 bits per heavy atom. The molecular weight excluding hydrogens is 434 g/mol. The van der Waals surface area contributed by atoms with Crippen LogP contribution in [0.3, 0.4) is 0 Å². The highest BCUT2D eigenvalue weighted by Crippen LogP contribution is 2.32. The molecule has 0 radical (unpaired) electrons. The summed E-state index contributed by atoms with van der Waals surface area (Å²) in [5.41, 5.74) is 11.2. The number of aromatic nitrogens is 3. The number of rotatable bonds is 7. The largest absolute Gasteiger partial charge is 0.382 e. The van der Waals surface area contributed by atoms with Crippen LogP contribution in [0.4, 0.5) is 5.82 Å². The molecule has 3 N–H and O–H groups in total. The van der Waals surface area contributed by atoms with E-state index in [1.807, 2.05) is 37.0 Å². The quantitative estimate of drug-likeness (QED) is 0.412. The zero-order valence-electron chi connectivity index (χ0n) is 18.3. The molecule has 3 heterocycles. The van der Waals surface area contributed by atoms with Gasteiger partial charge in [-0.3, -0.25) is 0 Å². The van der Waals surface area contributed by atoms with Gasteiger partial charge in [0.2, 0.25) is 0 Å². The first kappa shape index (κ1) is 21.6. The third kappa shape index (κ3) is 4.93. The molecule has 0 saturated carbocycles. The van der Waals surface area contributed by atoms with Gasteiger partial charge in [-0.05, 0) is 31.2 Å². The van der Waals surface area contributed by atoms with Gasteiger partial charge in [0, 0.05) is 40.5 Å². The Kier molecular flexibility index (Phi) is 6.39. The van der Waals surface area contributed by atoms with Gasteiger partial charge in [-0.15, -0.1) is 11.8 Å². The summed E-state index contributed by atoms with van der Waals surface area (Å²) in [6, 6.07) is 18.4. The Morgan fingerprint density at radius 3 is 2.55 bits per heavy atom. The van der Waals surface area contributed by atoms with Crippen molar-refractivity contribution in [3.05, 3.63) is 66.4 Å². The van der Waals surface area contributed by atoms with E-state index in [1.165, 1.54) is 10.5 Å². The van der Waals surface area contributed by atoms with E-state index in [9.17, 15) is 0 Å². The normalized spacial score (nSPS) is 15.7. The van der Waals surface area contributed by atoms with Gasteiger partial charge in [-0.25, -0.2) is 9.97 Å². The van der Waals surface area contributed by atoms with Crippen LogP contribution >= 0.6 is 11.8 Å². The number of nitrogens with zero attached hydrogens (tertiary/aromatic N) is 3. The number of benzene rings is 2. The van der Waals surface area contributed by atoms with E-state index >= 15 is 0 Å². The molecule has 1 aliphatic heterocycles. The molecule has 5 rings (SSSR count). The summed E-state index contributed by atoms with van der Waals surface area (Å²) in [5, 5.41) is 7.89. The monoisotopic (exact) mass is 459 g/mol. The Hall–Kier alpha value is -3.20. The molecule has 0 bridgehead atoms. The third-order valence-electron chi connectivity index (χ3n) is 5.52. The Labute approximate surface area is 196 Å². The number of hydrogen-bond donors (Lipinski definition) is 2. The smallest absolute Gasteiger partial charge is 0.189 e. The minimum atomic E-state index is 0.305. The van der Waals surface area contributed by atoms with E-state index in [0.717, 1.165) is 48.7 Å². The second-order valence-electron chi connectivity index (χ2n) is 7.92.